The molecule has 0 unspecified atom stereocenters. The van der Waals surface area contributed by atoms with Crippen molar-refractivity contribution in [2.45, 2.75) is 0 Å². The molecule has 2 aromatic carbocycles. The minimum Gasteiger partial charge on any atom is -0.399 e. The van der Waals surface area contributed by atoms with E-state index in [-0.39, 0.29) is 5.91 Å². The lowest BCUT2D eigenvalue weighted by Crippen LogP contribution is -2.12. The zero-order chi connectivity index (χ0) is 13.1. The van der Waals surface area contributed by atoms with E-state index in [4.69, 9.17) is 28.9 Å². The molecule has 0 aliphatic heterocycles. The summed E-state index contributed by atoms with van der Waals surface area (Å²) in [6.07, 6.45) is 0. The second-order valence-corrected chi connectivity index (χ2v) is 4.55. The normalized spacial score (nSPS) is 10.1. The smallest absolute Gasteiger partial charge is 0.255 e. The summed E-state index contributed by atoms with van der Waals surface area (Å²) in [5.41, 5.74) is 7.00. The highest BCUT2D eigenvalue weighted by Crippen LogP contribution is 2.22. The van der Waals surface area contributed by atoms with Crippen LogP contribution in [0.15, 0.2) is 42.5 Å². The fourth-order valence-electron chi connectivity index (χ4n) is 1.50. The lowest BCUT2D eigenvalue weighted by molar-refractivity contribution is 0.102. The number of benzene rings is 2. The van der Waals surface area contributed by atoms with Gasteiger partial charge in [-0.05, 0) is 30.3 Å². The van der Waals surface area contributed by atoms with Crippen molar-refractivity contribution in [2.24, 2.45) is 0 Å². The molecule has 3 nitrogen and oxygen atoms in total. The van der Waals surface area contributed by atoms with E-state index in [2.05, 4.69) is 5.32 Å². The number of carbonyl (C=O) groups is 1. The second kappa shape index (κ2) is 5.29. The predicted molar refractivity (Wildman–Crippen MR) is 75.3 cm³/mol. The van der Waals surface area contributed by atoms with Gasteiger partial charge in [-0.1, -0.05) is 35.3 Å². The Morgan fingerprint density at radius 1 is 1.11 bits per heavy atom. The second-order valence-electron chi connectivity index (χ2n) is 3.71. The Morgan fingerprint density at radius 3 is 2.50 bits per heavy atom. The van der Waals surface area contributed by atoms with Gasteiger partial charge >= 0.3 is 0 Å². The zero-order valence-corrected chi connectivity index (χ0v) is 10.8. The molecule has 3 N–H and O–H groups in total. The summed E-state index contributed by atoms with van der Waals surface area (Å²) in [5, 5.41) is 3.58. The number of para-hydroxylation sites is 1. The van der Waals surface area contributed by atoms with E-state index < -0.39 is 0 Å². The highest BCUT2D eigenvalue weighted by atomic mass is 35.5. The van der Waals surface area contributed by atoms with Crippen molar-refractivity contribution in [2.75, 3.05) is 11.1 Å². The first-order valence-electron chi connectivity index (χ1n) is 5.18. The third-order valence-corrected chi connectivity index (χ3v) is 2.85. The largest absolute Gasteiger partial charge is 0.399 e. The van der Waals surface area contributed by atoms with Crippen molar-refractivity contribution >= 4 is 40.5 Å². The maximum Gasteiger partial charge on any atom is 0.255 e. The maximum absolute atomic E-state index is 12.0. The molecule has 2 rings (SSSR count). The van der Waals surface area contributed by atoms with Gasteiger partial charge in [0.15, 0.2) is 0 Å². The molecule has 1 amide bonds. The van der Waals surface area contributed by atoms with Crippen molar-refractivity contribution in [3.8, 4) is 0 Å². The van der Waals surface area contributed by atoms with Crippen molar-refractivity contribution in [1.29, 1.82) is 0 Å². The number of nitrogens with one attached hydrogen (secondary N) is 1. The first kappa shape index (κ1) is 12.7. The molecule has 0 aromatic heterocycles. The molecule has 0 fully saturated rings. The Balaban J connectivity index is 2.25. The SMILES string of the molecule is Nc1cc(Cl)cc(C(=O)Nc2ccccc2Cl)c1. The van der Waals surface area contributed by atoms with Crippen LogP contribution in [0.25, 0.3) is 0 Å². The van der Waals surface area contributed by atoms with Crippen LogP contribution in [0.1, 0.15) is 10.4 Å². The topological polar surface area (TPSA) is 55.1 Å². The number of hydrogen-bond acceptors (Lipinski definition) is 2. The van der Waals surface area contributed by atoms with Crippen molar-refractivity contribution in [3.63, 3.8) is 0 Å². The van der Waals surface area contributed by atoms with Crippen LogP contribution >= 0.6 is 23.2 Å². The van der Waals surface area contributed by atoms with Crippen molar-refractivity contribution < 1.29 is 4.79 Å². The molecule has 0 aliphatic rings. The number of rotatable bonds is 2. The van der Waals surface area contributed by atoms with Gasteiger partial charge in [0.05, 0.1) is 10.7 Å². The van der Waals surface area contributed by atoms with Crippen LogP contribution in [-0.4, -0.2) is 5.91 Å². The third-order valence-electron chi connectivity index (χ3n) is 2.30. The number of nitrogen functional groups attached to an aromatic ring is 1. The lowest BCUT2D eigenvalue weighted by atomic mass is 10.2. The van der Waals surface area contributed by atoms with E-state index in [0.717, 1.165) is 0 Å². The minimum atomic E-state index is -0.308. The third kappa shape index (κ3) is 2.94. The molecule has 0 aliphatic carbocycles. The molecule has 0 bridgehead atoms. The molecule has 2 aromatic rings. The molecule has 0 atom stereocenters. The first-order chi connectivity index (χ1) is 8.56. The quantitative estimate of drug-likeness (QED) is 0.822. The number of halogens is 2. The maximum atomic E-state index is 12.0. The van der Waals surface area contributed by atoms with E-state index in [1.54, 1.807) is 42.5 Å². The van der Waals surface area contributed by atoms with E-state index >= 15 is 0 Å². The minimum absolute atomic E-state index is 0.308. The van der Waals surface area contributed by atoms with Crippen molar-refractivity contribution in [3.05, 3.63) is 58.1 Å². The summed E-state index contributed by atoms with van der Waals surface area (Å²) in [4.78, 5) is 12.0. The first-order valence-corrected chi connectivity index (χ1v) is 5.94. The van der Waals surface area contributed by atoms with Crippen LogP contribution in [0, 0.1) is 0 Å². The molecule has 18 heavy (non-hydrogen) atoms. The highest BCUT2D eigenvalue weighted by molar-refractivity contribution is 6.34. The summed E-state index contributed by atoms with van der Waals surface area (Å²) in [6, 6.07) is 11.7. The number of carbonyl (C=O) groups excluding carboxylic acids is 1. The van der Waals surface area contributed by atoms with E-state index in [9.17, 15) is 4.79 Å². The summed E-state index contributed by atoms with van der Waals surface area (Å²) in [7, 11) is 0. The molecule has 92 valence electrons. The van der Waals surface area contributed by atoms with Crippen LogP contribution in [0.5, 0.6) is 0 Å². The lowest BCUT2D eigenvalue weighted by Gasteiger charge is -2.07. The molecule has 0 saturated heterocycles. The van der Waals surface area contributed by atoms with Gasteiger partial charge in [0, 0.05) is 16.3 Å². The Hall–Kier alpha value is -1.71. The molecule has 0 saturated carbocycles. The Labute approximate surface area is 115 Å². The van der Waals surface area contributed by atoms with Gasteiger partial charge in [0.2, 0.25) is 0 Å². The van der Waals surface area contributed by atoms with Gasteiger partial charge in [0.25, 0.3) is 5.91 Å². The molecular formula is C13H10Cl2N2O. The molecular weight excluding hydrogens is 271 g/mol. The number of anilines is 2. The van der Waals surface area contributed by atoms with Gasteiger partial charge < -0.3 is 11.1 Å². The van der Waals surface area contributed by atoms with Crippen molar-refractivity contribution in [1.82, 2.24) is 0 Å². The van der Waals surface area contributed by atoms with Gasteiger partial charge in [0.1, 0.15) is 0 Å². The fraction of sp³-hybridized carbons (Fsp3) is 0. The van der Waals surface area contributed by atoms with Gasteiger partial charge in [-0.2, -0.15) is 0 Å². The summed E-state index contributed by atoms with van der Waals surface area (Å²) in [6.45, 7) is 0. The average molecular weight is 281 g/mol. The van der Waals surface area contributed by atoms with Gasteiger partial charge in [-0.25, -0.2) is 0 Å². The number of nitrogens with two attached hydrogens (primary N) is 1. The van der Waals surface area contributed by atoms with Crippen LogP contribution in [0.3, 0.4) is 0 Å². The molecule has 5 heteroatoms. The Kier molecular flexibility index (Phi) is 3.75. The highest BCUT2D eigenvalue weighted by Gasteiger charge is 2.09. The monoisotopic (exact) mass is 280 g/mol. The van der Waals surface area contributed by atoms with Gasteiger partial charge in [-0.15, -0.1) is 0 Å². The van der Waals surface area contributed by atoms with Crippen LogP contribution in [0.4, 0.5) is 11.4 Å². The van der Waals surface area contributed by atoms with Crippen LogP contribution in [0.2, 0.25) is 10.0 Å². The standard InChI is InChI=1S/C13H10Cl2N2O/c14-9-5-8(6-10(16)7-9)13(18)17-12-4-2-1-3-11(12)15/h1-7H,16H2,(H,17,18). The fourth-order valence-corrected chi connectivity index (χ4v) is 1.93. The molecule has 0 heterocycles. The van der Waals surface area contributed by atoms with Gasteiger partial charge in [-0.3, -0.25) is 4.79 Å². The van der Waals surface area contributed by atoms with Crippen LogP contribution < -0.4 is 11.1 Å². The van der Waals surface area contributed by atoms with E-state index in [1.165, 1.54) is 0 Å². The van der Waals surface area contributed by atoms with E-state index in [1.807, 2.05) is 0 Å². The molecule has 0 radical (unpaired) electrons. The molecule has 0 spiro atoms. The predicted octanol–water partition coefficient (Wildman–Crippen LogP) is 3.83. The zero-order valence-electron chi connectivity index (χ0n) is 9.28. The summed E-state index contributed by atoms with van der Waals surface area (Å²) >= 11 is 11.8. The number of amides is 1. The average Bonchev–Trinajstić information content (AvgIpc) is 2.31. The summed E-state index contributed by atoms with van der Waals surface area (Å²) < 4.78 is 0. The van der Waals surface area contributed by atoms with Crippen LogP contribution in [-0.2, 0) is 0 Å². The number of hydrogen-bond donors (Lipinski definition) is 2. The summed E-state index contributed by atoms with van der Waals surface area (Å²) in [5.74, 6) is -0.308. The Bertz CT molecular complexity index is 579. The Morgan fingerprint density at radius 2 is 1.83 bits per heavy atom. The van der Waals surface area contributed by atoms with E-state index in [0.29, 0.717) is 27.0 Å².